The van der Waals surface area contributed by atoms with Gasteiger partial charge in [-0.05, 0) is 20.8 Å². The minimum Gasteiger partial charge on any atom is -0.354 e. The topological polar surface area (TPSA) is 49.4 Å². The molecule has 0 aromatic rings. The van der Waals surface area contributed by atoms with Crippen molar-refractivity contribution < 1.29 is 24.0 Å². The Balaban J connectivity index is 3.88. The lowest BCUT2D eigenvalue weighted by molar-refractivity contribution is -0.570. The smallest absolute Gasteiger partial charge is 0.179 e. The maximum Gasteiger partial charge on any atom is 0.179 e. The molecule has 0 N–H and O–H groups in total. The third kappa shape index (κ3) is 6.25. The van der Waals surface area contributed by atoms with Gasteiger partial charge in [-0.15, -0.1) is 0 Å². The quantitative estimate of drug-likeness (QED) is 0.440. The first-order valence-corrected chi connectivity index (χ1v) is 4.46. The average Bonchev–Trinajstić information content (AvgIpc) is 2.17. The summed E-state index contributed by atoms with van der Waals surface area (Å²) in [5, 5.41) is 0.891. The standard InChI is InChI=1S/C8H19NO5/c1-6-12-9(13-7(2)10-4)14-8(3)11-5/h7-8H,6H2,1-5H3. The Morgan fingerprint density at radius 2 is 1.43 bits per heavy atom. The van der Waals surface area contributed by atoms with Gasteiger partial charge in [0.05, 0.1) is 12.0 Å². The van der Waals surface area contributed by atoms with Crippen LogP contribution in [0.2, 0.25) is 0 Å². The van der Waals surface area contributed by atoms with E-state index in [4.69, 9.17) is 24.0 Å². The van der Waals surface area contributed by atoms with Gasteiger partial charge in [0.2, 0.25) is 0 Å². The van der Waals surface area contributed by atoms with Gasteiger partial charge in [-0.3, -0.25) is 4.84 Å². The Morgan fingerprint density at radius 1 is 1.00 bits per heavy atom. The fourth-order valence-corrected chi connectivity index (χ4v) is 0.520. The van der Waals surface area contributed by atoms with E-state index in [9.17, 15) is 0 Å². The van der Waals surface area contributed by atoms with Crippen molar-refractivity contribution in [1.82, 2.24) is 5.39 Å². The van der Waals surface area contributed by atoms with Crippen molar-refractivity contribution in [2.24, 2.45) is 0 Å². The molecule has 0 bridgehead atoms. The van der Waals surface area contributed by atoms with Crippen molar-refractivity contribution in [3.63, 3.8) is 0 Å². The van der Waals surface area contributed by atoms with E-state index < -0.39 is 12.6 Å². The van der Waals surface area contributed by atoms with Gasteiger partial charge in [0.25, 0.3) is 0 Å². The highest BCUT2D eigenvalue weighted by molar-refractivity contribution is 4.22. The van der Waals surface area contributed by atoms with Crippen LogP contribution in [0.1, 0.15) is 20.8 Å². The van der Waals surface area contributed by atoms with Crippen LogP contribution in [0.5, 0.6) is 0 Å². The van der Waals surface area contributed by atoms with Crippen LogP contribution in [0.15, 0.2) is 0 Å². The number of ether oxygens (including phenoxy) is 2. The Kier molecular flexibility index (Phi) is 7.96. The maximum atomic E-state index is 5.10. The molecule has 0 radical (unpaired) electrons. The van der Waals surface area contributed by atoms with E-state index >= 15 is 0 Å². The van der Waals surface area contributed by atoms with E-state index in [2.05, 4.69) is 0 Å². The van der Waals surface area contributed by atoms with Gasteiger partial charge in [-0.25, -0.2) is 9.68 Å². The molecule has 6 nitrogen and oxygen atoms in total. The fraction of sp³-hybridized carbons (Fsp3) is 1.00. The summed E-state index contributed by atoms with van der Waals surface area (Å²) in [4.78, 5) is 15.2. The zero-order valence-electron chi connectivity index (χ0n) is 9.35. The second-order valence-corrected chi connectivity index (χ2v) is 2.46. The second kappa shape index (κ2) is 8.10. The molecule has 86 valence electrons. The minimum absolute atomic E-state index is 0.423. The third-order valence-corrected chi connectivity index (χ3v) is 1.37. The average molecular weight is 209 g/mol. The van der Waals surface area contributed by atoms with Crippen LogP contribution < -0.4 is 0 Å². The van der Waals surface area contributed by atoms with Crippen molar-refractivity contribution in [2.75, 3.05) is 20.8 Å². The monoisotopic (exact) mass is 209 g/mol. The van der Waals surface area contributed by atoms with Crippen molar-refractivity contribution in [2.45, 2.75) is 33.4 Å². The zero-order valence-corrected chi connectivity index (χ0v) is 9.35. The van der Waals surface area contributed by atoms with Crippen LogP contribution in [-0.2, 0) is 24.0 Å². The van der Waals surface area contributed by atoms with Crippen molar-refractivity contribution in [1.29, 1.82) is 0 Å². The molecule has 0 aromatic heterocycles. The van der Waals surface area contributed by atoms with Crippen LogP contribution in [0.3, 0.4) is 0 Å². The molecule has 0 fully saturated rings. The molecule has 0 heterocycles. The molecule has 0 aliphatic carbocycles. The summed E-state index contributed by atoms with van der Waals surface area (Å²) in [5.74, 6) is 0. The highest BCUT2D eigenvalue weighted by Crippen LogP contribution is 2.04. The molecular weight excluding hydrogens is 190 g/mol. The predicted molar refractivity (Wildman–Crippen MR) is 48.6 cm³/mol. The van der Waals surface area contributed by atoms with E-state index in [0.717, 1.165) is 5.39 Å². The molecule has 0 aliphatic rings. The Bertz CT molecular complexity index is 123. The highest BCUT2D eigenvalue weighted by Gasteiger charge is 2.14. The lowest BCUT2D eigenvalue weighted by Crippen LogP contribution is -2.33. The summed E-state index contributed by atoms with van der Waals surface area (Å²) in [6.07, 6.45) is -0.906. The minimum atomic E-state index is -0.453. The van der Waals surface area contributed by atoms with Crippen molar-refractivity contribution in [3.8, 4) is 0 Å². The molecule has 2 unspecified atom stereocenters. The molecule has 14 heavy (non-hydrogen) atoms. The molecule has 0 aromatic carbocycles. The van der Waals surface area contributed by atoms with E-state index in [1.54, 1.807) is 13.8 Å². The molecule has 0 spiro atoms. The molecule has 0 saturated carbocycles. The number of rotatable bonds is 8. The number of hydrogen-bond donors (Lipinski definition) is 0. The number of nitrogens with zero attached hydrogens (tertiary/aromatic N) is 1. The lowest BCUT2D eigenvalue weighted by atomic mass is 10.8. The Morgan fingerprint density at radius 3 is 1.71 bits per heavy atom. The first-order valence-electron chi connectivity index (χ1n) is 4.46. The van der Waals surface area contributed by atoms with E-state index in [-0.39, 0.29) is 0 Å². The van der Waals surface area contributed by atoms with E-state index in [1.807, 2.05) is 6.92 Å². The van der Waals surface area contributed by atoms with Gasteiger partial charge < -0.3 is 9.47 Å². The summed E-state index contributed by atoms with van der Waals surface area (Å²) in [7, 11) is 3.04. The first-order chi connectivity index (χ1) is 6.63. The van der Waals surface area contributed by atoms with Crippen molar-refractivity contribution >= 4 is 0 Å². The van der Waals surface area contributed by atoms with E-state index in [1.165, 1.54) is 14.2 Å². The lowest BCUT2D eigenvalue weighted by Gasteiger charge is -2.23. The summed E-state index contributed by atoms with van der Waals surface area (Å²) in [5.41, 5.74) is 0. The van der Waals surface area contributed by atoms with Gasteiger partial charge in [0.1, 0.15) is 0 Å². The van der Waals surface area contributed by atoms with Crippen LogP contribution in [0, 0.1) is 0 Å². The number of hydrogen-bond acceptors (Lipinski definition) is 6. The fourth-order valence-electron chi connectivity index (χ4n) is 0.520. The SMILES string of the molecule is CCON(OC(C)OC)OC(C)OC. The molecule has 0 aliphatic heterocycles. The van der Waals surface area contributed by atoms with Gasteiger partial charge >= 0.3 is 0 Å². The third-order valence-electron chi connectivity index (χ3n) is 1.37. The summed E-state index contributed by atoms with van der Waals surface area (Å²) in [6.45, 7) is 5.67. The molecule has 0 rings (SSSR count). The zero-order chi connectivity index (χ0) is 11.0. The van der Waals surface area contributed by atoms with Crippen LogP contribution in [0.25, 0.3) is 0 Å². The Labute approximate surface area is 84.5 Å². The van der Waals surface area contributed by atoms with Gasteiger partial charge in [-0.1, -0.05) is 0 Å². The molecule has 0 amide bonds. The van der Waals surface area contributed by atoms with E-state index in [0.29, 0.717) is 6.61 Å². The van der Waals surface area contributed by atoms with Gasteiger partial charge in [-0.2, -0.15) is 0 Å². The Hall–Kier alpha value is -0.240. The molecule has 6 heteroatoms. The van der Waals surface area contributed by atoms with Gasteiger partial charge in [0.15, 0.2) is 12.6 Å². The maximum absolute atomic E-state index is 5.10. The molecule has 0 saturated heterocycles. The summed E-state index contributed by atoms with van der Waals surface area (Å²) >= 11 is 0. The highest BCUT2D eigenvalue weighted by atomic mass is 17.2. The number of methoxy groups -OCH3 is 2. The van der Waals surface area contributed by atoms with Crippen molar-refractivity contribution in [3.05, 3.63) is 0 Å². The second-order valence-electron chi connectivity index (χ2n) is 2.46. The predicted octanol–water partition coefficient (Wildman–Crippen LogP) is 1.09. The van der Waals surface area contributed by atoms with Gasteiger partial charge in [0, 0.05) is 14.2 Å². The summed E-state index contributed by atoms with van der Waals surface area (Å²) in [6, 6.07) is 0. The molecule has 2 atom stereocenters. The van der Waals surface area contributed by atoms with Crippen LogP contribution in [0.4, 0.5) is 0 Å². The first kappa shape index (κ1) is 13.8. The van der Waals surface area contributed by atoms with Crippen LogP contribution >= 0.6 is 0 Å². The normalized spacial score (nSPS) is 15.9. The summed E-state index contributed by atoms with van der Waals surface area (Å²) < 4.78 is 9.75. The largest absolute Gasteiger partial charge is 0.354 e. The molecular formula is C8H19NO5. The van der Waals surface area contributed by atoms with Crippen LogP contribution in [-0.4, -0.2) is 38.8 Å².